The van der Waals surface area contributed by atoms with Crippen molar-refractivity contribution in [2.24, 2.45) is 11.8 Å². The topological polar surface area (TPSA) is 178 Å². The molecule has 0 spiro atoms. The van der Waals surface area contributed by atoms with E-state index in [9.17, 15) is 38.1 Å². The van der Waals surface area contributed by atoms with Gasteiger partial charge in [-0.25, -0.2) is 9.63 Å². The number of rotatable bonds is 17. The summed E-state index contributed by atoms with van der Waals surface area (Å²) < 4.78 is 48.7. The number of alkyl halides is 3. The molecule has 6 atom stereocenters. The van der Waals surface area contributed by atoms with Crippen LogP contribution in [0.5, 0.6) is 5.75 Å². The molecule has 1 aromatic carbocycles. The maximum absolute atomic E-state index is 12.9. The number of benzene rings is 1. The molecular formula is C28H39F3N2O10. The quantitative estimate of drug-likeness (QED) is 0.0653. The van der Waals surface area contributed by atoms with Gasteiger partial charge in [-0.15, -0.1) is 0 Å². The molecule has 0 saturated heterocycles. The van der Waals surface area contributed by atoms with Gasteiger partial charge in [0.1, 0.15) is 37.7 Å². The Labute approximate surface area is 246 Å². The fourth-order valence-electron chi connectivity index (χ4n) is 4.47. The van der Waals surface area contributed by atoms with E-state index in [1.54, 1.807) is 6.08 Å². The smallest absolute Gasteiger partial charge is 0.416 e. The Bertz CT molecular complexity index is 1070. The molecule has 1 amide bonds. The standard InChI is InChI=1S/C28H39F3N2O10/c1-18(27(38)41-13-14-43-33(39)40)32-26(37)10-5-3-2-4-9-22-23(25(36)16-24(22)35)12-11-20(34)17-42-21-8-6-7-19(15-21)28(29,30)31/h2,4,6-8,11-12,15,18,20,22-25,34-36,39-40H,3,5,9-10,13-14,16-17H2,1H3,(H,32,37)/b4-2-,12-11+/t18?,20-,22-,23-,24+,25-/m1/s1. The summed E-state index contributed by atoms with van der Waals surface area (Å²) in [5.74, 6) is -1.92. The molecule has 0 aromatic heterocycles. The van der Waals surface area contributed by atoms with Gasteiger partial charge < -0.3 is 30.1 Å². The molecule has 1 saturated carbocycles. The van der Waals surface area contributed by atoms with Crippen molar-refractivity contribution in [3.63, 3.8) is 0 Å². The van der Waals surface area contributed by atoms with E-state index in [0.717, 1.165) is 12.1 Å². The van der Waals surface area contributed by atoms with Crippen LogP contribution in [0.4, 0.5) is 13.2 Å². The summed E-state index contributed by atoms with van der Waals surface area (Å²) in [6.07, 6.45) is 1.09. The van der Waals surface area contributed by atoms with Crippen molar-refractivity contribution in [1.29, 1.82) is 0 Å². The van der Waals surface area contributed by atoms with Crippen LogP contribution in [0.3, 0.4) is 0 Å². The molecule has 2 rings (SSSR count). The van der Waals surface area contributed by atoms with Crippen LogP contribution in [0.1, 0.15) is 44.6 Å². The minimum Gasteiger partial charge on any atom is -0.491 e. The molecule has 43 heavy (non-hydrogen) atoms. The Morgan fingerprint density at radius 2 is 1.91 bits per heavy atom. The van der Waals surface area contributed by atoms with Crippen molar-refractivity contribution < 1.29 is 62.8 Å². The molecule has 0 bridgehead atoms. The number of amides is 1. The van der Waals surface area contributed by atoms with E-state index < -0.39 is 53.4 Å². The van der Waals surface area contributed by atoms with Crippen LogP contribution in [0.25, 0.3) is 0 Å². The molecule has 0 radical (unpaired) electrons. The van der Waals surface area contributed by atoms with Gasteiger partial charge >= 0.3 is 12.1 Å². The summed E-state index contributed by atoms with van der Waals surface area (Å²) in [6.45, 7) is 0.608. The fraction of sp³-hybridized carbons (Fsp3) is 0.571. The first kappa shape index (κ1) is 36.1. The molecule has 1 aromatic rings. The number of nitrogens with zero attached hydrogens (tertiary/aromatic N) is 1. The zero-order valence-corrected chi connectivity index (χ0v) is 23.6. The Morgan fingerprint density at radius 1 is 1.16 bits per heavy atom. The number of nitrogens with one attached hydrogen (secondary N) is 1. The monoisotopic (exact) mass is 620 g/mol. The van der Waals surface area contributed by atoms with E-state index in [-0.39, 0.29) is 50.2 Å². The molecule has 1 unspecified atom stereocenters. The highest BCUT2D eigenvalue weighted by Gasteiger charge is 2.39. The van der Waals surface area contributed by atoms with Gasteiger partial charge in [-0.3, -0.25) is 15.2 Å². The third-order valence-corrected chi connectivity index (χ3v) is 6.67. The molecule has 0 heterocycles. The second-order valence-electron chi connectivity index (χ2n) is 10.0. The number of esters is 1. The molecular weight excluding hydrogens is 581 g/mol. The van der Waals surface area contributed by atoms with E-state index in [4.69, 9.17) is 19.9 Å². The van der Waals surface area contributed by atoms with Crippen LogP contribution in [0, 0.1) is 11.8 Å². The Kier molecular flexibility index (Phi) is 15.1. The van der Waals surface area contributed by atoms with E-state index in [1.807, 2.05) is 12.2 Å². The van der Waals surface area contributed by atoms with Crippen LogP contribution >= 0.6 is 0 Å². The van der Waals surface area contributed by atoms with Crippen LogP contribution in [0.15, 0.2) is 48.6 Å². The normalized spacial score (nSPS) is 22.3. The summed E-state index contributed by atoms with van der Waals surface area (Å²) in [7, 11) is 0. The number of allylic oxidation sites excluding steroid dienone is 2. The van der Waals surface area contributed by atoms with Gasteiger partial charge in [0.15, 0.2) is 0 Å². The molecule has 0 aliphatic heterocycles. The van der Waals surface area contributed by atoms with Crippen molar-refractivity contribution >= 4 is 11.9 Å². The number of halogens is 3. The van der Waals surface area contributed by atoms with E-state index in [1.165, 1.54) is 25.1 Å². The lowest BCUT2D eigenvalue weighted by Gasteiger charge is -2.19. The van der Waals surface area contributed by atoms with Crippen molar-refractivity contribution in [3.05, 3.63) is 54.1 Å². The lowest BCUT2D eigenvalue weighted by molar-refractivity contribution is -0.493. The average Bonchev–Trinajstić information content (AvgIpc) is 3.21. The lowest BCUT2D eigenvalue weighted by atomic mass is 9.89. The zero-order chi connectivity index (χ0) is 32.0. The minimum absolute atomic E-state index is 0.0437. The average molecular weight is 621 g/mol. The van der Waals surface area contributed by atoms with Crippen molar-refractivity contribution in [2.45, 2.75) is 69.6 Å². The highest BCUT2D eigenvalue weighted by molar-refractivity contribution is 5.84. The summed E-state index contributed by atoms with van der Waals surface area (Å²) in [6, 6.07) is 3.40. The third-order valence-electron chi connectivity index (χ3n) is 6.67. The molecule has 1 aliphatic rings. The summed E-state index contributed by atoms with van der Waals surface area (Å²) in [4.78, 5) is 28.1. The fourth-order valence-corrected chi connectivity index (χ4v) is 4.47. The number of aliphatic hydroxyl groups excluding tert-OH is 3. The molecule has 15 heteroatoms. The van der Waals surface area contributed by atoms with Gasteiger partial charge in [0.05, 0.1) is 23.2 Å². The Hall–Kier alpha value is -3.05. The number of ether oxygens (including phenoxy) is 2. The number of hydrogen-bond donors (Lipinski definition) is 6. The Morgan fingerprint density at radius 3 is 2.60 bits per heavy atom. The molecule has 1 aliphatic carbocycles. The van der Waals surface area contributed by atoms with Crippen LogP contribution in [0.2, 0.25) is 0 Å². The second kappa shape index (κ2) is 17.9. The number of carbonyl (C=O) groups is 2. The highest BCUT2D eigenvalue weighted by atomic mass is 19.4. The SMILES string of the molecule is CC(NC(=O)CCC/C=C\C[C@@H]1[C@@H](/C=C/[C@@H](O)COc2cccc(C(F)(F)F)c2)[C@H](O)C[C@@H]1O)C(=O)OCCON(O)O. The van der Waals surface area contributed by atoms with Crippen LogP contribution in [-0.2, 0) is 25.3 Å². The number of carbonyl (C=O) groups excluding carboxylic acids is 2. The van der Waals surface area contributed by atoms with Crippen molar-refractivity contribution in [3.8, 4) is 5.75 Å². The first-order chi connectivity index (χ1) is 20.3. The second-order valence-corrected chi connectivity index (χ2v) is 10.0. The van der Waals surface area contributed by atoms with Gasteiger partial charge in [-0.05, 0) is 50.3 Å². The van der Waals surface area contributed by atoms with Gasteiger partial charge in [0, 0.05) is 18.8 Å². The van der Waals surface area contributed by atoms with Crippen molar-refractivity contribution in [2.75, 3.05) is 19.8 Å². The number of aliphatic hydroxyl groups is 3. The van der Waals surface area contributed by atoms with E-state index in [2.05, 4.69) is 10.2 Å². The van der Waals surface area contributed by atoms with E-state index in [0.29, 0.717) is 19.3 Å². The number of hydrogen-bond acceptors (Lipinski definition) is 11. The number of unbranched alkanes of at least 4 members (excludes halogenated alkanes) is 1. The third kappa shape index (κ3) is 13.4. The molecule has 12 nitrogen and oxygen atoms in total. The van der Waals surface area contributed by atoms with Gasteiger partial charge in [0.25, 0.3) is 0 Å². The van der Waals surface area contributed by atoms with Gasteiger partial charge in [-0.1, -0.05) is 30.4 Å². The molecule has 242 valence electrons. The Balaban J connectivity index is 1.73. The van der Waals surface area contributed by atoms with E-state index >= 15 is 0 Å². The largest absolute Gasteiger partial charge is 0.491 e. The predicted molar refractivity (Wildman–Crippen MR) is 143 cm³/mol. The maximum atomic E-state index is 12.9. The molecule has 1 fully saturated rings. The minimum atomic E-state index is -4.52. The molecule has 6 N–H and O–H groups in total. The summed E-state index contributed by atoms with van der Waals surface area (Å²) >= 11 is 0. The summed E-state index contributed by atoms with van der Waals surface area (Å²) in [5, 5.41) is 49.8. The van der Waals surface area contributed by atoms with Crippen LogP contribution in [-0.4, -0.2) is 87.2 Å². The lowest BCUT2D eigenvalue weighted by Crippen LogP contribution is -2.39. The highest BCUT2D eigenvalue weighted by Crippen LogP contribution is 2.36. The first-order valence-corrected chi connectivity index (χ1v) is 13.7. The van der Waals surface area contributed by atoms with Gasteiger partial charge in [-0.2, -0.15) is 13.2 Å². The van der Waals surface area contributed by atoms with Crippen LogP contribution < -0.4 is 10.1 Å². The predicted octanol–water partition coefficient (Wildman–Crippen LogP) is 2.54. The summed E-state index contributed by atoms with van der Waals surface area (Å²) in [5.41, 5.74) is -0.867. The van der Waals surface area contributed by atoms with Crippen molar-refractivity contribution in [1.82, 2.24) is 10.7 Å². The maximum Gasteiger partial charge on any atom is 0.416 e. The van der Waals surface area contributed by atoms with Gasteiger partial charge in [0.2, 0.25) is 5.91 Å². The zero-order valence-electron chi connectivity index (χ0n) is 23.6. The first-order valence-electron chi connectivity index (χ1n) is 13.7.